The molecule has 0 saturated carbocycles. The maximum Gasteiger partial charge on any atom is 0.191 e. The zero-order chi connectivity index (χ0) is 20.3. The summed E-state index contributed by atoms with van der Waals surface area (Å²) in [6.45, 7) is 9.54. The van der Waals surface area contributed by atoms with Crippen LogP contribution in [-0.2, 0) is 22.6 Å². The van der Waals surface area contributed by atoms with E-state index in [0.717, 1.165) is 64.1 Å². The zero-order valence-corrected chi connectivity index (χ0v) is 17.6. The highest BCUT2D eigenvalue weighted by Crippen LogP contribution is 2.10. The molecule has 7 heteroatoms. The summed E-state index contributed by atoms with van der Waals surface area (Å²) in [5.41, 5.74) is 2.45. The Morgan fingerprint density at radius 3 is 3.00 bits per heavy atom. The van der Waals surface area contributed by atoms with Gasteiger partial charge in [0.15, 0.2) is 5.96 Å². The molecule has 0 aliphatic carbocycles. The van der Waals surface area contributed by atoms with Crippen molar-refractivity contribution in [1.29, 1.82) is 0 Å². The normalized spacial score (nSPS) is 16.9. The molecule has 0 spiro atoms. The summed E-state index contributed by atoms with van der Waals surface area (Å²) in [5, 5.41) is 6.70. The van der Waals surface area contributed by atoms with Gasteiger partial charge in [0, 0.05) is 45.2 Å². The third-order valence-corrected chi connectivity index (χ3v) is 4.89. The van der Waals surface area contributed by atoms with E-state index in [9.17, 15) is 0 Å². The minimum Gasteiger partial charge on any atom is -0.379 e. The number of hydrogen-bond acceptors (Lipinski definition) is 4. The van der Waals surface area contributed by atoms with Gasteiger partial charge in [0.25, 0.3) is 0 Å². The quantitative estimate of drug-likeness (QED) is 0.365. The standard InChI is InChI=1S/C22H33N5O2/c1-3-23-22(25-9-5-12-29-21-8-13-28-17-21)26-15-19-6-4-7-20(14-19)16-27-11-10-24-18(27)2/h4,6-7,10-11,14,21H,3,5,8-9,12-13,15-17H2,1-2H3,(H2,23,25,26). The lowest BCUT2D eigenvalue weighted by molar-refractivity contribution is 0.0420. The first-order chi connectivity index (χ1) is 14.2. The number of aliphatic imine (C=N–C) groups is 1. The first-order valence-electron chi connectivity index (χ1n) is 10.5. The summed E-state index contributed by atoms with van der Waals surface area (Å²) < 4.78 is 13.3. The van der Waals surface area contributed by atoms with Gasteiger partial charge in [-0.2, -0.15) is 0 Å². The van der Waals surface area contributed by atoms with Gasteiger partial charge in [-0.3, -0.25) is 0 Å². The highest BCUT2D eigenvalue weighted by atomic mass is 16.5. The van der Waals surface area contributed by atoms with Gasteiger partial charge < -0.3 is 24.7 Å². The fourth-order valence-electron chi connectivity index (χ4n) is 3.28. The molecule has 1 unspecified atom stereocenters. The fourth-order valence-corrected chi connectivity index (χ4v) is 3.28. The summed E-state index contributed by atoms with van der Waals surface area (Å²) in [4.78, 5) is 9.02. The van der Waals surface area contributed by atoms with E-state index >= 15 is 0 Å². The maximum atomic E-state index is 5.81. The highest BCUT2D eigenvalue weighted by molar-refractivity contribution is 5.79. The first-order valence-corrected chi connectivity index (χ1v) is 10.5. The lowest BCUT2D eigenvalue weighted by Crippen LogP contribution is -2.38. The summed E-state index contributed by atoms with van der Waals surface area (Å²) in [6.07, 6.45) is 6.08. The van der Waals surface area contributed by atoms with E-state index in [0.29, 0.717) is 6.54 Å². The third kappa shape index (κ3) is 7.18. The summed E-state index contributed by atoms with van der Waals surface area (Å²) in [6, 6.07) is 8.57. The Morgan fingerprint density at radius 1 is 1.34 bits per heavy atom. The molecule has 0 bridgehead atoms. The SMILES string of the molecule is CCNC(=NCc1cccc(Cn2ccnc2C)c1)NCCCOC1CCOC1. The van der Waals surface area contributed by atoms with E-state index in [2.05, 4.69) is 51.4 Å². The lowest BCUT2D eigenvalue weighted by Gasteiger charge is -2.13. The van der Waals surface area contributed by atoms with Crippen LogP contribution in [-0.4, -0.2) is 54.5 Å². The van der Waals surface area contributed by atoms with Crippen molar-refractivity contribution >= 4 is 5.96 Å². The Labute approximate surface area is 173 Å². The number of rotatable bonds is 10. The molecule has 3 rings (SSSR count). The summed E-state index contributed by atoms with van der Waals surface area (Å²) in [7, 11) is 0. The number of imidazole rings is 1. The summed E-state index contributed by atoms with van der Waals surface area (Å²) >= 11 is 0. The van der Waals surface area contributed by atoms with Crippen molar-refractivity contribution < 1.29 is 9.47 Å². The smallest absolute Gasteiger partial charge is 0.191 e. The van der Waals surface area contributed by atoms with Crippen molar-refractivity contribution in [2.24, 2.45) is 4.99 Å². The van der Waals surface area contributed by atoms with Gasteiger partial charge in [-0.05, 0) is 37.8 Å². The van der Waals surface area contributed by atoms with Gasteiger partial charge in [0.2, 0.25) is 0 Å². The van der Waals surface area contributed by atoms with Gasteiger partial charge >= 0.3 is 0 Å². The number of guanidine groups is 1. The molecule has 1 atom stereocenters. The Balaban J connectivity index is 1.46. The van der Waals surface area contributed by atoms with E-state index in [4.69, 9.17) is 14.5 Å². The molecule has 1 aliphatic heterocycles. The van der Waals surface area contributed by atoms with E-state index in [-0.39, 0.29) is 6.10 Å². The second-order valence-electron chi connectivity index (χ2n) is 7.25. The maximum absolute atomic E-state index is 5.81. The molecule has 2 N–H and O–H groups in total. The number of hydrogen-bond donors (Lipinski definition) is 2. The molecular weight excluding hydrogens is 366 g/mol. The van der Waals surface area contributed by atoms with E-state index < -0.39 is 0 Å². The van der Waals surface area contributed by atoms with Crippen LogP contribution in [0.5, 0.6) is 0 Å². The molecule has 2 aromatic rings. The number of ether oxygens (including phenoxy) is 2. The Kier molecular flexibility index (Phi) is 8.52. The number of nitrogens with zero attached hydrogens (tertiary/aromatic N) is 3. The average Bonchev–Trinajstić information content (AvgIpc) is 3.38. The Bertz CT molecular complexity index is 768. The molecule has 158 valence electrons. The topological polar surface area (TPSA) is 72.7 Å². The molecule has 1 saturated heterocycles. The van der Waals surface area contributed by atoms with Gasteiger partial charge in [0.05, 0.1) is 19.3 Å². The molecule has 1 aliphatic rings. The van der Waals surface area contributed by atoms with Crippen molar-refractivity contribution in [1.82, 2.24) is 20.2 Å². The van der Waals surface area contributed by atoms with Crippen LogP contribution < -0.4 is 10.6 Å². The van der Waals surface area contributed by atoms with Gasteiger partial charge in [-0.25, -0.2) is 9.98 Å². The molecule has 0 amide bonds. The van der Waals surface area contributed by atoms with Crippen molar-refractivity contribution in [3.63, 3.8) is 0 Å². The zero-order valence-electron chi connectivity index (χ0n) is 17.6. The first kappa shape index (κ1) is 21.3. The molecule has 7 nitrogen and oxygen atoms in total. The molecule has 1 aromatic heterocycles. The third-order valence-electron chi connectivity index (χ3n) is 4.89. The number of aromatic nitrogens is 2. The Morgan fingerprint density at radius 2 is 2.24 bits per heavy atom. The van der Waals surface area contributed by atoms with Gasteiger partial charge in [0.1, 0.15) is 5.82 Å². The van der Waals surface area contributed by atoms with E-state index in [1.807, 2.05) is 19.3 Å². The van der Waals surface area contributed by atoms with Crippen LogP contribution in [0.2, 0.25) is 0 Å². The Hall–Kier alpha value is -2.38. The predicted molar refractivity (Wildman–Crippen MR) is 115 cm³/mol. The molecule has 0 radical (unpaired) electrons. The van der Waals surface area contributed by atoms with E-state index in [1.165, 1.54) is 11.1 Å². The van der Waals surface area contributed by atoms with Crippen molar-refractivity contribution in [2.45, 2.75) is 45.9 Å². The van der Waals surface area contributed by atoms with E-state index in [1.54, 1.807) is 0 Å². The highest BCUT2D eigenvalue weighted by Gasteiger charge is 2.15. The average molecular weight is 400 g/mol. The second-order valence-corrected chi connectivity index (χ2v) is 7.25. The molecule has 1 aromatic carbocycles. The molecule has 2 heterocycles. The molecular formula is C22H33N5O2. The second kappa shape index (κ2) is 11.6. The largest absolute Gasteiger partial charge is 0.379 e. The number of aryl methyl sites for hydroxylation is 1. The fraction of sp³-hybridized carbons (Fsp3) is 0.545. The van der Waals surface area contributed by atoms with Gasteiger partial charge in [-0.1, -0.05) is 24.3 Å². The van der Waals surface area contributed by atoms with Crippen LogP contribution in [0.25, 0.3) is 0 Å². The van der Waals surface area contributed by atoms with Crippen molar-refractivity contribution in [3.8, 4) is 0 Å². The van der Waals surface area contributed by atoms with Crippen molar-refractivity contribution in [2.75, 3.05) is 32.9 Å². The van der Waals surface area contributed by atoms with Gasteiger partial charge in [-0.15, -0.1) is 0 Å². The molecule has 1 fully saturated rings. The minimum absolute atomic E-state index is 0.273. The monoisotopic (exact) mass is 399 g/mol. The van der Waals surface area contributed by atoms with Crippen LogP contribution >= 0.6 is 0 Å². The predicted octanol–water partition coefficient (Wildman–Crippen LogP) is 2.49. The van der Waals surface area contributed by atoms with Crippen LogP contribution in [0.4, 0.5) is 0 Å². The number of benzene rings is 1. The minimum atomic E-state index is 0.273. The number of nitrogens with one attached hydrogen (secondary N) is 2. The van der Waals surface area contributed by atoms with Crippen molar-refractivity contribution in [3.05, 3.63) is 53.6 Å². The van der Waals surface area contributed by atoms with Crippen LogP contribution in [0.15, 0.2) is 41.7 Å². The van der Waals surface area contributed by atoms with Crippen LogP contribution in [0.3, 0.4) is 0 Å². The van der Waals surface area contributed by atoms with Crippen LogP contribution in [0, 0.1) is 6.92 Å². The van der Waals surface area contributed by atoms with Crippen LogP contribution in [0.1, 0.15) is 36.7 Å². The summed E-state index contributed by atoms with van der Waals surface area (Å²) in [5.74, 6) is 1.86. The molecule has 29 heavy (non-hydrogen) atoms. The lowest BCUT2D eigenvalue weighted by atomic mass is 10.1.